The van der Waals surface area contributed by atoms with E-state index in [0.29, 0.717) is 11.8 Å². The van der Waals surface area contributed by atoms with Gasteiger partial charge in [-0.1, -0.05) is 18.5 Å². The molecule has 0 amide bonds. The first kappa shape index (κ1) is 6.46. The molecule has 0 bridgehead atoms. The van der Waals surface area contributed by atoms with Gasteiger partial charge >= 0.3 is 0 Å². The van der Waals surface area contributed by atoms with Crippen LogP contribution < -0.4 is 0 Å². The quantitative estimate of drug-likeness (QED) is 0.464. The van der Waals surface area contributed by atoms with Crippen molar-refractivity contribution in [2.45, 2.75) is 13.8 Å². The Hall–Kier alpha value is -0.660. The summed E-state index contributed by atoms with van der Waals surface area (Å²) in [5.74, 6) is 1.23. The van der Waals surface area contributed by atoms with Crippen molar-refractivity contribution in [3.05, 3.63) is 0 Å². The molecule has 1 rings (SSSR count). The molecule has 0 spiro atoms. The standard InChI is InChI=1S/C7H13N2/c1-6(2)7-4-8-9(3)5-7/h4-7H,1-3H3/q+1. The Labute approximate surface area is 55.9 Å². The van der Waals surface area contributed by atoms with E-state index in [1.54, 1.807) is 0 Å². The monoisotopic (exact) mass is 125 g/mol. The van der Waals surface area contributed by atoms with Crippen molar-refractivity contribution in [1.29, 1.82) is 0 Å². The van der Waals surface area contributed by atoms with Crippen LogP contribution in [-0.2, 0) is 0 Å². The SMILES string of the molecule is CC(C)C1C=N[N+](C)=C1. The third kappa shape index (κ3) is 1.37. The van der Waals surface area contributed by atoms with E-state index in [4.69, 9.17) is 0 Å². The zero-order chi connectivity index (χ0) is 6.85. The summed E-state index contributed by atoms with van der Waals surface area (Å²) in [6.45, 7) is 4.40. The average Bonchev–Trinajstić information content (AvgIpc) is 2.14. The fourth-order valence-electron chi connectivity index (χ4n) is 0.852. The molecule has 0 N–H and O–H groups in total. The summed E-state index contributed by atoms with van der Waals surface area (Å²) in [4.78, 5) is 0. The second-order valence-corrected chi connectivity index (χ2v) is 2.81. The Balaban J connectivity index is 2.59. The first-order chi connectivity index (χ1) is 4.20. The van der Waals surface area contributed by atoms with Crippen LogP contribution in [0.4, 0.5) is 0 Å². The van der Waals surface area contributed by atoms with Crippen LogP contribution in [0.25, 0.3) is 0 Å². The van der Waals surface area contributed by atoms with Crippen LogP contribution in [-0.4, -0.2) is 24.2 Å². The molecule has 2 nitrogen and oxygen atoms in total. The van der Waals surface area contributed by atoms with E-state index in [1.165, 1.54) is 0 Å². The topological polar surface area (TPSA) is 15.4 Å². The van der Waals surface area contributed by atoms with E-state index in [-0.39, 0.29) is 0 Å². The molecule has 0 aromatic carbocycles. The molecule has 0 saturated heterocycles. The maximum Gasteiger partial charge on any atom is 0.181 e. The lowest BCUT2D eigenvalue weighted by Gasteiger charge is -2.00. The Kier molecular flexibility index (Phi) is 1.65. The van der Waals surface area contributed by atoms with Crippen LogP contribution in [0.2, 0.25) is 0 Å². The molecular weight excluding hydrogens is 112 g/mol. The molecule has 1 heterocycles. The summed E-state index contributed by atoms with van der Waals surface area (Å²) in [7, 11) is 1.96. The van der Waals surface area contributed by atoms with Gasteiger partial charge in [-0.15, -0.1) is 0 Å². The molecule has 0 aliphatic carbocycles. The lowest BCUT2D eigenvalue weighted by Crippen LogP contribution is -2.09. The van der Waals surface area contributed by atoms with Gasteiger partial charge in [-0.25, -0.2) is 0 Å². The van der Waals surface area contributed by atoms with Crippen LogP contribution >= 0.6 is 0 Å². The highest BCUT2D eigenvalue weighted by Crippen LogP contribution is 2.08. The summed E-state index contributed by atoms with van der Waals surface area (Å²) >= 11 is 0. The number of hydrogen-bond donors (Lipinski definition) is 0. The summed E-state index contributed by atoms with van der Waals surface area (Å²) in [6, 6.07) is 0. The fraction of sp³-hybridized carbons (Fsp3) is 0.714. The smallest absolute Gasteiger partial charge is 0.0977 e. The van der Waals surface area contributed by atoms with Crippen LogP contribution in [0.3, 0.4) is 0 Å². The molecule has 1 aliphatic heterocycles. The molecule has 1 aliphatic rings. The van der Waals surface area contributed by atoms with Gasteiger partial charge in [0.1, 0.15) is 0 Å². The van der Waals surface area contributed by atoms with Gasteiger partial charge in [-0.3, -0.25) is 0 Å². The van der Waals surface area contributed by atoms with Crippen LogP contribution in [0, 0.1) is 11.8 Å². The molecule has 0 fully saturated rings. The van der Waals surface area contributed by atoms with Crippen molar-refractivity contribution in [2.24, 2.45) is 16.9 Å². The van der Waals surface area contributed by atoms with Crippen molar-refractivity contribution < 1.29 is 4.68 Å². The minimum absolute atomic E-state index is 0.551. The minimum Gasteiger partial charge on any atom is -0.0977 e. The molecule has 2 heteroatoms. The Bertz CT molecular complexity index is 156. The molecular formula is C7H13N2+. The molecule has 0 radical (unpaired) electrons. The molecule has 0 aromatic heterocycles. The lowest BCUT2D eigenvalue weighted by atomic mass is 9.99. The molecule has 1 unspecified atom stereocenters. The van der Waals surface area contributed by atoms with E-state index >= 15 is 0 Å². The van der Waals surface area contributed by atoms with Crippen molar-refractivity contribution in [3.8, 4) is 0 Å². The number of nitrogens with zero attached hydrogens (tertiary/aromatic N) is 2. The van der Waals surface area contributed by atoms with Crippen LogP contribution in [0.5, 0.6) is 0 Å². The summed E-state index contributed by atoms with van der Waals surface area (Å²) in [5.41, 5.74) is 0. The third-order valence-electron chi connectivity index (χ3n) is 1.58. The van der Waals surface area contributed by atoms with Crippen molar-refractivity contribution >= 4 is 12.4 Å². The second-order valence-electron chi connectivity index (χ2n) is 2.81. The highest BCUT2D eigenvalue weighted by Gasteiger charge is 2.17. The zero-order valence-electron chi connectivity index (χ0n) is 6.20. The predicted molar refractivity (Wildman–Crippen MR) is 39.1 cm³/mol. The second kappa shape index (κ2) is 2.29. The maximum atomic E-state index is 4.09. The molecule has 1 atom stereocenters. The number of rotatable bonds is 1. The van der Waals surface area contributed by atoms with E-state index < -0.39 is 0 Å². The van der Waals surface area contributed by atoms with Crippen LogP contribution in [0.15, 0.2) is 5.10 Å². The summed E-state index contributed by atoms with van der Waals surface area (Å²) < 4.78 is 1.87. The maximum absolute atomic E-state index is 4.09. The molecule has 0 saturated carbocycles. The Morgan fingerprint density at radius 2 is 2.22 bits per heavy atom. The largest absolute Gasteiger partial charge is 0.181 e. The molecule has 50 valence electrons. The molecule has 0 aromatic rings. The number of hydrogen-bond acceptors (Lipinski definition) is 1. The first-order valence-electron chi connectivity index (χ1n) is 3.32. The predicted octanol–water partition coefficient (Wildman–Crippen LogP) is 0.971. The van der Waals surface area contributed by atoms with Gasteiger partial charge in [0.15, 0.2) is 13.3 Å². The first-order valence-corrected chi connectivity index (χ1v) is 3.32. The zero-order valence-corrected chi connectivity index (χ0v) is 6.20. The van der Waals surface area contributed by atoms with E-state index in [9.17, 15) is 0 Å². The van der Waals surface area contributed by atoms with Gasteiger partial charge in [0.2, 0.25) is 0 Å². The van der Waals surface area contributed by atoms with Gasteiger partial charge < -0.3 is 0 Å². The average molecular weight is 125 g/mol. The Morgan fingerprint density at radius 1 is 1.56 bits per heavy atom. The Morgan fingerprint density at radius 3 is 2.44 bits per heavy atom. The number of hydrazone groups is 1. The van der Waals surface area contributed by atoms with Crippen molar-refractivity contribution in [2.75, 3.05) is 7.05 Å². The van der Waals surface area contributed by atoms with Gasteiger partial charge in [-0.2, -0.15) is 0 Å². The molecule has 9 heavy (non-hydrogen) atoms. The third-order valence-corrected chi connectivity index (χ3v) is 1.58. The normalized spacial score (nSPS) is 25.3. The van der Waals surface area contributed by atoms with Crippen molar-refractivity contribution in [3.63, 3.8) is 0 Å². The summed E-state index contributed by atoms with van der Waals surface area (Å²) in [5, 5.41) is 4.09. The van der Waals surface area contributed by atoms with E-state index in [1.807, 2.05) is 17.9 Å². The van der Waals surface area contributed by atoms with Gasteiger partial charge in [-0.05, 0) is 11.0 Å². The minimum atomic E-state index is 0.551. The van der Waals surface area contributed by atoms with Gasteiger partial charge in [0.05, 0.1) is 12.1 Å². The van der Waals surface area contributed by atoms with Gasteiger partial charge in [0.25, 0.3) is 0 Å². The fourth-order valence-corrected chi connectivity index (χ4v) is 0.852. The highest BCUT2D eigenvalue weighted by atomic mass is 15.4. The highest BCUT2D eigenvalue weighted by molar-refractivity contribution is 5.83. The van der Waals surface area contributed by atoms with Crippen LogP contribution in [0.1, 0.15) is 13.8 Å². The van der Waals surface area contributed by atoms with Gasteiger partial charge in [0, 0.05) is 0 Å². The summed E-state index contributed by atoms with van der Waals surface area (Å²) in [6.07, 6.45) is 4.12. The van der Waals surface area contributed by atoms with E-state index in [2.05, 4.69) is 25.2 Å². The van der Waals surface area contributed by atoms with Crippen molar-refractivity contribution in [1.82, 2.24) is 0 Å². The lowest BCUT2D eigenvalue weighted by molar-refractivity contribution is -0.494. The van der Waals surface area contributed by atoms with E-state index in [0.717, 1.165) is 0 Å².